The lowest BCUT2D eigenvalue weighted by Gasteiger charge is -2.30. The van der Waals surface area contributed by atoms with Crippen LogP contribution in [0.2, 0.25) is 5.02 Å². The Kier molecular flexibility index (Phi) is 6.26. The number of nitriles is 1. The number of anilines is 2. The number of morpholine rings is 1. The highest BCUT2D eigenvalue weighted by Gasteiger charge is 2.18. The molecule has 9 heteroatoms. The van der Waals surface area contributed by atoms with E-state index in [4.69, 9.17) is 16.3 Å². The van der Waals surface area contributed by atoms with Gasteiger partial charge in [-0.25, -0.2) is 0 Å². The first-order valence-corrected chi connectivity index (χ1v) is 10.0. The lowest BCUT2D eigenvalue weighted by Crippen LogP contribution is -2.36. The largest absolute Gasteiger partial charge is 0.378 e. The number of hydrogen-bond acceptors (Lipinski definition) is 6. The summed E-state index contributed by atoms with van der Waals surface area (Å²) in [6, 6.07) is 16.6. The molecule has 0 saturated carbocycles. The number of hydrogen-bond donors (Lipinski definition) is 1. The molecule has 1 amide bonds. The molecule has 8 nitrogen and oxygen atoms in total. The zero-order valence-corrected chi connectivity index (χ0v) is 17.3. The van der Waals surface area contributed by atoms with Crippen LogP contribution < -0.4 is 10.2 Å². The van der Waals surface area contributed by atoms with Gasteiger partial charge in [0.2, 0.25) is 0 Å². The molecule has 0 unspecified atom stereocenters. The van der Waals surface area contributed by atoms with Crippen LogP contribution in [-0.4, -0.2) is 47.2 Å². The van der Waals surface area contributed by atoms with Gasteiger partial charge in [-0.15, -0.1) is 5.10 Å². The zero-order chi connectivity index (χ0) is 21.6. The fraction of sp³-hybridized carbons (Fsp3) is 0.182. The van der Waals surface area contributed by atoms with Crippen molar-refractivity contribution >= 4 is 35.0 Å². The second-order valence-corrected chi connectivity index (χ2v) is 7.22. The lowest BCUT2D eigenvalue weighted by atomic mass is 10.2. The van der Waals surface area contributed by atoms with Crippen LogP contribution in [0.15, 0.2) is 60.3 Å². The van der Waals surface area contributed by atoms with E-state index in [-0.39, 0.29) is 5.57 Å². The molecule has 1 aromatic heterocycles. The first-order chi connectivity index (χ1) is 15.1. The Bertz CT molecular complexity index is 1150. The van der Waals surface area contributed by atoms with Crippen molar-refractivity contribution in [1.82, 2.24) is 15.0 Å². The predicted molar refractivity (Wildman–Crippen MR) is 118 cm³/mol. The molecule has 0 bridgehead atoms. The van der Waals surface area contributed by atoms with E-state index in [9.17, 15) is 10.1 Å². The van der Waals surface area contributed by atoms with Gasteiger partial charge >= 0.3 is 0 Å². The third kappa shape index (κ3) is 4.91. The molecule has 0 spiro atoms. The summed E-state index contributed by atoms with van der Waals surface area (Å²) in [7, 11) is 0. The van der Waals surface area contributed by atoms with E-state index < -0.39 is 5.91 Å². The van der Waals surface area contributed by atoms with Crippen LogP contribution in [0.1, 0.15) is 5.69 Å². The highest BCUT2D eigenvalue weighted by atomic mass is 35.5. The van der Waals surface area contributed by atoms with Gasteiger partial charge in [0.1, 0.15) is 17.3 Å². The first kappa shape index (κ1) is 20.6. The van der Waals surface area contributed by atoms with E-state index in [0.717, 1.165) is 11.4 Å². The van der Waals surface area contributed by atoms with Gasteiger partial charge in [-0.05, 0) is 36.4 Å². The van der Waals surface area contributed by atoms with Crippen LogP contribution in [-0.2, 0) is 9.53 Å². The molecule has 0 radical (unpaired) electrons. The number of ether oxygens (including phenoxy) is 1. The summed E-state index contributed by atoms with van der Waals surface area (Å²) in [4.78, 5) is 16.4. The molecular weight excluding hydrogens is 416 g/mol. The van der Waals surface area contributed by atoms with Crippen molar-refractivity contribution in [2.75, 3.05) is 36.5 Å². The second kappa shape index (κ2) is 9.43. The number of nitrogens with zero attached hydrogens (tertiary/aromatic N) is 5. The predicted octanol–water partition coefficient (Wildman–Crippen LogP) is 3.30. The van der Waals surface area contributed by atoms with Crippen LogP contribution in [0.5, 0.6) is 0 Å². The molecule has 0 aliphatic carbocycles. The molecule has 1 saturated heterocycles. The molecule has 2 aromatic carbocycles. The number of rotatable bonds is 5. The van der Waals surface area contributed by atoms with Crippen LogP contribution in [0, 0.1) is 11.3 Å². The fourth-order valence-corrected chi connectivity index (χ4v) is 3.37. The number of amides is 1. The quantitative estimate of drug-likeness (QED) is 0.489. The van der Waals surface area contributed by atoms with Gasteiger partial charge in [0.15, 0.2) is 0 Å². The van der Waals surface area contributed by atoms with E-state index in [2.05, 4.69) is 20.4 Å². The Morgan fingerprint density at radius 3 is 2.71 bits per heavy atom. The van der Waals surface area contributed by atoms with Gasteiger partial charge in [-0.1, -0.05) is 29.8 Å². The molecule has 1 fully saturated rings. The highest BCUT2D eigenvalue weighted by molar-refractivity contribution is 6.31. The van der Waals surface area contributed by atoms with Gasteiger partial charge in [0, 0.05) is 18.1 Å². The molecule has 1 aliphatic heterocycles. The maximum atomic E-state index is 12.8. The molecule has 1 N–H and O–H groups in total. The van der Waals surface area contributed by atoms with Crippen molar-refractivity contribution in [3.8, 4) is 11.8 Å². The van der Waals surface area contributed by atoms with Crippen molar-refractivity contribution in [1.29, 1.82) is 5.26 Å². The summed E-state index contributed by atoms with van der Waals surface area (Å²) in [5.74, 6) is -0.548. The number of halogens is 1. The number of para-hydroxylation sites is 1. The normalized spacial score (nSPS) is 14.2. The minimum atomic E-state index is -0.548. The van der Waals surface area contributed by atoms with Crippen LogP contribution in [0.3, 0.4) is 0 Å². The Morgan fingerprint density at radius 1 is 1.19 bits per heavy atom. The summed E-state index contributed by atoms with van der Waals surface area (Å²) in [6.45, 7) is 2.62. The van der Waals surface area contributed by atoms with E-state index in [1.165, 1.54) is 17.1 Å². The number of aromatic nitrogens is 3. The maximum absolute atomic E-state index is 12.8. The molecule has 1 aliphatic rings. The second-order valence-electron chi connectivity index (χ2n) is 6.78. The van der Waals surface area contributed by atoms with Gasteiger partial charge < -0.3 is 15.0 Å². The van der Waals surface area contributed by atoms with Crippen LogP contribution in [0.25, 0.3) is 11.8 Å². The average Bonchev–Trinajstić information content (AvgIpc) is 3.27. The molecule has 3 aromatic rings. The summed E-state index contributed by atoms with van der Waals surface area (Å²) < 4.78 is 5.40. The van der Waals surface area contributed by atoms with E-state index in [1.807, 2.05) is 42.5 Å². The van der Waals surface area contributed by atoms with Crippen molar-refractivity contribution in [3.05, 3.63) is 71.0 Å². The summed E-state index contributed by atoms with van der Waals surface area (Å²) >= 11 is 6.15. The smallest absolute Gasteiger partial charge is 0.266 e. The van der Waals surface area contributed by atoms with Crippen molar-refractivity contribution in [2.24, 2.45) is 0 Å². The monoisotopic (exact) mass is 434 g/mol. The number of benzene rings is 2. The van der Waals surface area contributed by atoms with E-state index in [1.54, 1.807) is 12.1 Å². The van der Waals surface area contributed by atoms with Gasteiger partial charge in [-0.3, -0.25) is 4.79 Å². The standard InChI is InChI=1S/C22H19ClN6O2/c23-17-6-7-21(28-8-10-31-11-9-28)20(13-17)26-22(30)16(14-24)12-18-15-25-29(27-18)19-4-2-1-3-5-19/h1-7,12-13,15H,8-11H2,(H,26,30)/b16-12-. The first-order valence-electron chi connectivity index (χ1n) is 9.67. The SMILES string of the molecule is N#C/C(=C/c1cnn(-c2ccccc2)n1)C(=O)Nc1cc(Cl)ccc1N1CCOCC1. The number of carbonyl (C=O) groups excluding carboxylic acids is 1. The van der Waals surface area contributed by atoms with Gasteiger partial charge in [0.25, 0.3) is 5.91 Å². The molecule has 4 rings (SSSR count). The fourth-order valence-electron chi connectivity index (χ4n) is 3.20. The number of carbonyl (C=O) groups is 1. The van der Waals surface area contributed by atoms with Crippen molar-refractivity contribution in [2.45, 2.75) is 0 Å². The highest BCUT2D eigenvalue weighted by Crippen LogP contribution is 2.30. The molecule has 2 heterocycles. The maximum Gasteiger partial charge on any atom is 0.266 e. The molecule has 156 valence electrons. The van der Waals surface area contributed by atoms with E-state index >= 15 is 0 Å². The van der Waals surface area contributed by atoms with E-state index in [0.29, 0.717) is 42.7 Å². The van der Waals surface area contributed by atoms with Crippen molar-refractivity contribution < 1.29 is 9.53 Å². The third-order valence-electron chi connectivity index (χ3n) is 4.71. The molecule has 31 heavy (non-hydrogen) atoms. The average molecular weight is 435 g/mol. The molecular formula is C22H19ClN6O2. The Hall–Kier alpha value is -3.67. The lowest BCUT2D eigenvalue weighted by molar-refractivity contribution is -0.112. The summed E-state index contributed by atoms with van der Waals surface area (Å²) in [5.41, 5.74) is 2.45. The number of nitrogens with one attached hydrogen (secondary N) is 1. The zero-order valence-electron chi connectivity index (χ0n) is 16.5. The summed E-state index contributed by atoms with van der Waals surface area (Å²) in [6.07, 6.45) is 2.90. The minimum Gasteiger partial charge on any atom is -0.378 e. The van der Waals surface area contributed by atoms with Crippen LogP contribution in [0.4, 0.5) is 11.4 Å². The third-order valence-corrected chi connectivity index (χ3v) is 4.95. The van der Waals surface area contributed by atoms with Gasteiger partial charge in [0.05, 0.1) is 36.5 Å². The minimum absolute atomic E-state index is 0.0898. The van der Waals surface area contributed by atoms with Gasteiger partial charge in [-0.2, -0.15) is 15.2 Å². The Labute approximate surface area is 184 Å². The Morgan fingerprint density at radius 2 is 1.97 bits per heavy atom. The Balaban J connectivity index is 1.56. The van der Waals surface area contributed by atoms with Crippen LogP contribution >= 0.6 is 11.6 Å². The summed E-state index contributed by atoms with van der Waals surface area (Å²) in [5, 5.41) is 21.3. The topological polar surface area (TPSA) is 96.1 Å². The van der Waals surface area contributed by atoms with Crippen molar-refractivity contribution in [3.63, 3.8) is 0 Å². The molecule has 0 atom stereocenters.